The second kappa shape index (κ2) is 17.5. The van der Waals surface area contributed by atoms with Crippen LogP contribution < -0.4 is 9.64 Å². The Bertz CT molecular complexity index is 765. The maximum absolute atomic E-state index is 12.6. The van der Waals surface area contributed by atoms with Gasteiger partial charge in [-0.3, -0.25) is 14.2 Å². The van der Waals surface area contributed by atoms with Gasteiger partial charge in [-0.2, -0.15) is 0 Å². The van der Waals surface area contributed by atoms with E-state index < -0.39 is 13.6 Å². The number of carbonyl (C=O) groups excluding carboxylic acids is 1. The summed E-state index contributed by atoms with van der Waals surface area (Å²) in [6.45, 7) is 0.294. The molecule has 0 saturated heterocycles. The summed E-state index contributed by atoms with van der Waals surface area (Å²) < 4.78 is 16.5. The molecule has 194 valence electrons. The summed E-state index contributed by atoms with van der Waals surface area (Å²) >= 11 is 0. The molecular weight excluding hydrogens is 457 g/mol. The number of aliphatic carboxylic acids is 1. The predicted molar refractivity (Wildman–Crippen MR) is 135 cm³/mol. The van der Waals surface area contributed by atoms with Gasteiger partial charge in [0.2, 0.25) is 5.91 Å². The lowest BCUT2D eigenvalue weighted by Crippen LogP contribution is -2.26. The van der Waals surface area contributed by atoms with Crippen LogP contribution in [0.1, 0.15) is 89.9 Å². The van der Waals surface area contributed by atoms with Gasteiger partial charge < -0.3 is 24.5 Å². The number of nitrogens with zero attached hydrogens (tertiary/aromatic N) is 1. The number of anilines is 1. The molecule has 8 nitrogen and oxygen atoms in total. The second-order valence-corrected chi connectivity index (χ2v) is 10.6. The monoisotopic (exact) mass is 499 g/mol. The molecule has 1 aromatic carbocycles. The third-order valence-electron chi connectivity index (χ3n) is 5.73. The summed E-state index contributed by atoms with van der Waals surface area (Å²) in [4.78, 5) is 42.5. The fraction of sp³-hybridized carbons (Fsp3) is 0.680. The Hall–Kier alpha value is -1.89. The summed E-state index contributed by atoms with van der Waals surface area (Å²) in [7, 11) is -2.09. The van der Waals surface area contributed by atoms with Crippen molar-refractivity contribution in [3.63, 3.8) is 0 Å². The molecule has 0 aliphatic rings. The summed E-state index contributed by atoms with van der Waals surface area (Å²) in [6.07, 6.45) is 12.3. The van der Waals surface area contributed by atoms with Crippen molar-refractivity contribution in [1.82, 2.24) is 0 Å². The fourth-order valence-electron chi connectivity index (χ4n) is 3.75. The number of ether oxygens (including phenoxy) is 1. The molecule has 34 heavy (non-hydrogen) atoms. The summed E-state index contributed by atoms with van der Waals surface area (Å²) in [5.41, 5.74) is 0.699. The predicted octanol–water partition coefficient (Wildman–Crippen LogP) is 5.75. The molecule has 0 aromatic heterocycles. The largest absolute Gasteiger partial charge is 0.491 e. The van der Waals surface area contributed by atoms with Crippen molar-refractivity contribution >= 4 is 25.2 Å². The Kier molecular flexibility index (Phi) is 15.5. The zero-order valence-electron chi connectivity index (χ0n) is 20.5. The Labute approximate surface area is 203 Å². The van der Waals surface area contributed by atoms with Crippen molar-refractivity contribution in [2.45, 2.75) is 89.9 Å². The lowest BCUT2D eigenvalue weighted by molar-refractivity contribution is -0.137. The number of para-hydroxylation sites is 2. The lowest BCUT2D eigenvalue weighted by atomic mass is 10.1. The Morgan fingerprint density at radius 3 is 1.91 bits per heavy atom. The van der Waals surface area contributed by atoms with Crippen LogP contribution in [0.3, 0.4) is 0 Å². The van der Waals surface area contributed by atoms with Gasteiger partial charge in [0.1, 0.15) is 5.75 Å². The first-order valence-electron chi connectivity index (χ1n) is 12.5. The summed E-state index contributed by atoms with van der Waals surface area (Å²) in [5.74, 6) is -0.219. The van der Waals surface area contributed by atoms with Gasteiger partial charge in [0.05, 0.1) is 12.3 Å². The molecule has 9 heteroatoms. The van der Waals surface area contributed by atoms with Gasteiger partial charge in [0.15, 0.2) is 0 Å². The van der Waals surface area contributed by atoms with E-state index in [1.165, 1.54) is 12.8 Å². The zero-order valence-corrected chi connectivity index (χ0v) is 21.4. The summed E-state index contributed by atoms with van der Waals surface area (Å²) in [6, 6.07) is 7.32. The maximum atomic E-state index is 12.6. The lowest BCUT2D eigenvalue weighted by Gasteiger charge is -2.20. The van der Waals surface area contributed by atoms with Gasteiger partial charge >= 0.3 is 13.6 Å². The minimum atomic E-state index is -3.83. The molecule has 0 aliphatic carbocycles. The highest BCUT2D eigenvalue weighted by Gasteiger charge is 2.15. The van der Waals surface area contributed by atoms with Gasteiger partial charge in [0.25, 0.3) is 0 Å². The van der Waals surface area contributed by atoms with E-state index >= 15 is 0 Å². The normalized spacial score (nSPS) is 11.4. The minimum Gasteiger partial charge on any atom is -0.491 e. The van der Waals surface area contributed by atoms with Crippen LogP contribution in [-0.2, 0) is 14.2 Å². The number of carboxylic acids is 1. The van der Waals surface area contributed by atoms with Crippen molar-refractivity contribution in [3.8, 4) is 5.75 Å². The van der Waals surface area contributed by atoms with Gasteiger partial charge in [-0.05, 0) is 31.4 Å². The number of hydrogen-bond donors (Lipinski definition) is 3. The van der Waals surface area contributed by atoms with Crippen LogP contribution in [-0.4, -0.2) is 46.6 Å². The quantitative estimate of drug-likeness (QED) is 0.154. The third-order valence-corrected chi connectivity index (χ3v) is 6.63. The van der Waals surface area contributed by atoms with E-state index in [1.807, 2.05) is 18.2 Å². The first-order chi connectivity index (χ1) is 16.2. The topological polar surface area (TPSA) is 124 Å². The molecule has 1 aromatic rings. The fourth-order valence-corrected chi connectivity index (χ4v) is 4.38. The van der Waals surface area contributed by atoms with Crippen LogP contribution in [0.25, 0.3) is 0 Å². The Morgan fingerprint density at radius 1 is 0.824 bits per heavy atom. The maximum Gasteiger partial charge on any atom is 0.325 e. The second-order valence-electron chi connectivity index (χ2n) is 8.79. The van der Waals surface area contributed by atoms with Crippen LogP contribution >= 0.6 is 7.60 Å². The van der Waals surface area contributed by atoms with Crippen molar-refractivity contribution in [2.75, 3.05) is 24.7 Å². The third kappa shape index (κ3) is 15.1. The van der Waals surface area contributed by atoms with E-state index in [9.17, 15) is 14.2 Å². The van der Waals surface area contributed by atoms with Crippen LogP contribution in [0.4, 0.5) is 5.69 Å². The highest BCUT2D eigenvalue weighted by Crippen LogP contribution is 2.35. The molecule has 0 unspecified atom stereocenters. The Morgan fingerprint density at radius 2 is 1.35 bits per heavy atom. The molecule has 0 fully saturated rings. The van der Waals surface area contributed by atoms with Crippen LogP contribution in [0.2, 0.25) is 0 Å². The van der Waals surface area contributed by atoms with E-state index in [-0.39, 0.29) is 18.5 Å². The summed E-state index contributed by atoms with van der Waals surface area (Å²) in [5, 5.41) is 8.73. The average Bonchev–Trinajstić information content (AvgIpc) is 2.78. The molecule has 0 atom stereocenters. The molecule has 1 rings (SSSR count). The average molecular weight is 500 g/mol. The van der Waals surface area contributed by atoms with Crippen LogP contribution in [0.5, 0.6) is 5.75 Å². The highest BCUT2D eigenvalue weighted by atomic mass is 31.2. The number of unbranched alkanes of at least 4 members (excludes halogenated alkanes) is 10. The van der Waals surface area contributed by atoms with Crippen molar-refractivity contribution in [3.05, 3.63) is 24.3 Å². The molecular formula is C25H42NO7P. The van der Waals surface area contributed by atoms with Crippen LogP contribution in [0, 0.1) is 0 Å². The van der Waals surface area contributed by atoms with E-state index in [1.54, 1.807) is 18.0 Å². The van der Waals surface area contributed by atoms with E-state index in [2.05, 4.69) is 0 Å². The number of carboxylic acid groups (broad SMARTS) is 1. The first-order valence-corrected chi connectivity index (χ1v) is 14.2. The van der Waals surface area contributed by atoms with Gasteiger partial charge in [0, 0.05) is 26.1 Å². The number of hydrogen-bond acceptors (Lipinski definition) is 4. The highest BCUT2D eigenvalue weighted by molar-refractivity contribution is 7.51. The smallest absolute Gasteiger partial charge is 0.325 e. The standard InChI is InChI=1S/C25H42NO7P/c1-26(22-16-12-13-17-23(22)33-20-15-19-25(28)29)24(27)18-11-9-7-5-3-2-4-6-8-10-14-21-34(30,31)32/h12-13,16-17H,2-11,14-15,18-21H2,1H3,(H,28,29)(H2,30,31,32). The SMILES string of the molecule is CN(C(=O)CCCCCCCCCCCCCP(=O)(O)O)c1ccccc1OCCCC(=O)O. The molecule has 0 radical (unpaired) electrons. The molecule has 1 amide bonds. The minimum absolute atomic E-state index is 0.000180. The zero-order chi connectivity index (χ0) is 25.2. The molecule has 0 aliphatic heterocycles. The van der Waals surface area contributed by atoms with Gasteiger partial charge in [-0.1, -0.05) is 69.9 Å². The number of benzene rings is 1. The van der Waals surface area contributed by atoms with Crippen LogP contribution in [0.15, 0.2) is 24.3 Å². The number of carbonyl (C=O) groups is 2. The van der Waals surface area contributed by atoms with Crippen molar-refractivity contribution in [1.29, 1.82) is 0 Å². The van der Waals surface area contributed by atoms with Gasteiger partial charge in [-0.15, -0.1) is 0 Å². The number of amides is 1. The molecule has 3 N–H and O–H groups in total. The van der Waals surface area contributed by atoms with Crippen molar-refractivity contribution < 1.29 is 33.8 Å². The molecule has 0 bridgehead atoms. The molecule has 0 heterocycles. The molecule has 0 saturated carbocycles. The van der Waals surface area contributed by atoms with E-state index in [0.717, 1.165) is 51.4 Å². The Balaban J connectivity index is 2.12. The molecule has 0 spiro atoms. The van der Waals surface area contributed by atoms with E-state index in [0.29, 0.717) is 37.3 Å². The van der Waals surface area contributed by atoms with Crippen molar-refractivity contribution in [2.24, 2.45) is 0 Å². The first kappa shape index (κ1) is 30.1. The van der Waals surface area contributed by atoms with Gasteiger partial charge in [-0.25, -0.2) is 0 Å². The number of rotatable bonds is 20. The van der Waals surface area contributed by atoms with E-state index in [4.69, 9.17) is 19.6 Å².